The van der Waals surface area contributed by atoms with Crippen LogP contribution in [-0.2, 0) is 4.74 Å². The first-order valence-corrected chi connectivity index (χ1v) is 11.5. The molecule has 164 valence electrons. The summed E-state index contributed by atoms with van der Waals surface area (Å²) in [7, 11) is 0. The topological polar surface area (TPSA) is 33.7 Å². The number of benzene rings is 1. The first-order valence-electron chi connectivity index (χ1n) is 11.5. The van der Waals surface area contributed by atoms with E-state index in [-0.39, 0.29) is 18.5 Å². The molecule has 0 aliphatic carbocycles. The zero-order valence-electron chi connectivity index (χ0n) is 18.4. The van der Waals surface area contributed by atoms with Gasteiger partial charge >= 0.3 is 0 Å². The Morgan fingerprint density at radius 3 is 2.72 bits per heavy atom. The molecule has 0 radical (unpaired) electrons. The van der Waals surface area contributed by atoms with E-state index in [1.165, 1.54) is 56.6 Å². The van der Waals surface area contributed by atoms with Crippen molar-refractivity contribution < 1.29 is 9.47 Å². The van der Waals surface area contributed by atoms with E-state index in [2.05, 4.69) is 49.2 Å². The van der Waals surface area contributed by atoms with E-state index in [1.54, 1.807) is 0 Å². The van der Waals surface area contributed by atoms with Crippen LogP contribution < -0.4 is 10.1 Å². The van der Waals surface area contributed by atoms with E-state index in [0.717, 1.165) is 31.3 Å². The Balaban J connectivity index is 0.00000240. The molecule has 3 heterocycles. The molecular weight excluding hydrogens is 384 g/mol. The van der Waals surface area contributed by atoms with Crippen molar-refractivity contribution in [3.05, 3.63) is 23.8 Å². The molecule has 0 unspecified atom stereocenters. The maximum Gasteiger partial charge on any atom is 0.119 e. The third kappa shape index (κ3) is 5.21. The van der Waals surface area contributed by atoms with Crippen LogP contribution >= 0.6 is 12.4 Å². The number of halogens is 1. The largest absolute Gasteiger partial charge is 0.494 e. The molecular formula is C24H39ClN2O2. The first-order chi connectivity index (χ1) is 13.7. The smallest absolute Gasteiger partial charge is 0.119 e. The summed E-state index contributed by atoms with van der Waals surface area (Å²) < 4.78 is 12.4. The van der Waals surface area contributed by atoms with E-state index < -0.39 is 0 Å². The number of hydrogen-bond donors (Lipinski definition) is 1. The predicted octanol–water partition coefficient (Wildman–Crippen LogP) is 5.53. The van der Waals surface area contributed by atoms with Crippen molar-refractivity contribution in [3.8, 4) is 5.75 Å². The summed E-state index contributed by atoms with van der Waals surface area (Å²) in [5.74, 6) is 3.01. The highest BCUT2D eigenvalue weighted by atomic mass is 35.5. The van der Waals surface area contributed by atoms with Crippen LogP contribution in [0.2, 0.25) is 0 Å². The summed E-state index contributed by atoms with van der Waals surface area (Å²) in [5, 5.41) is 3.95. The lowest BCUT2D eigenvalue weighted by molar-refractivity contribution is -0.0472. The van der Waals surface area contributed by atoms with Crippen molar-refractivity contribution in [1.29, 1.82) is 0 Å². The van der Waals surface area contributed by atoms with Gasteiger partial charge in [-0.25, -0.2) is 0 Å². The molecule has 0 spiro atoms. The Bertz CT molecular complexity index is 646. The van der Waals surface area contributed by atoms with E-state index in [9.17, 15) is 0 Å². The van der Waals surface area contributed by atoms with Crippen LogP contribution in [-0.4, -0.2) is 43.8 Å². The number of nitrogens with one attached hydrogen (secondary N) is 1. The number of hydrogen-bond acceptors (Lipinski definition) is 4. The quantitative estimate of drug-likeness (QED) is 0.653. The van der Waals surface area contributed by atoms with Crippen molar-refractivity contribution in [2.45, 2.75) is 65.0 Å². The molecule has 4 nitrogen and oxygen atoms in total. The van der Waals surface area contributed by atoms with Crippen LogP contribution in [0.25, 0.3) is 0 Å². The van der Waals surface area contributed by atoms with Gasteiger partial charge < -0.3 is 19.7 Å². The summed E-state index contributed by atoms with van der Waals surface area (Å²) in [4.78, 5) is 2.59. The SMILES string of the molecule is CCN1CCC([C@H]2Nc3ccc(OCCC(C)C)cc3[C@H]3OCCC[C@H]32)CC1.Cl. The monoisotopic (exact) mass is 422 g/mol. The molecule has 3 aliphatic heterocycles. The van der Waals surface area contributed by atoms with Crippen LogP contribution in [0.4, 0.5) is 5.69 Å². The molecule has 0 bridgehead atoms. The fourth-order valence-corrected chi connectivity index (χ4v) is 5.28. The number of piperidine rings is 1. The fourth-order valence-electron chi connectivity index (χ4n) is 5.28. The van der Waals surface area contributed by atoms with Crippen molar-refractivity contribution >= 4 is 18.1 Å². The van der Waals surface area contributed by atoms with Crippen LogP contribution in [0.5, 0.6) is 5.75 Å². The minimum Gasteiger partial charge on any atom is -0.494 e. The standard InChI is InChI=1S/C24H38N2O2.ClH/c1-4-26-12-9-18(10-13-26)23-20-6-5-14-28-24(20)21-16-19(7-8-22(21)25-23)27-15-11-17(2)3;/h7-8,16-18,20,23-25H,4-6,9-15H2,1-3H3;1H/t20-,23+,24-;/m0./s1. The zero-order valence-corrected chi connectivity index (χ0v) is 19.2. The van der Waals surface area contributed by atoms with Gasteiger partial charge in [-0.2, -0.15) is 0 Å². The minimum atomic E-state index is 0. The first kappa shape index (κ1) is 22.7. The Morgan fingerprint density at radius 1 is 1.21 bits per heavy atom. The number of anilines is 1. The van der Waals surface area contributed by atoms with Crippen LogP contribution in [0.1, 0.15) is 64.5 Å². The summed E-state index contributed by atoms with van der Waals surface area (Å²) >= 11 is 0. The molecule has 3 atom stereocenters. The van der Waals surface area contributed by atoms with E-state index in [4.69, 9.17) is 9.47 Å². The van der Waals surface area contributed by atoms with Crippen LogP contribution in [0.3, 0.4) is 0 Å². The van der Waals surface area contributed by atoms with Gasteiger partial charge in [0.15, 0.2) is 0 Å². The Labute approximate surface area is 183 Å². The summed E-state index contributed by atoms with van der Waals surface area (Å²) in [6.45, 7) is 12.1. The molecule has 1 N–H and O–H groups in total. The Morgan fingerprint density at radius 2 is 2.00 bits per heavy atom. The molecule has 0 aromatic heterocycles. The molecule has 3 aliphatic rings. The lowest BCUT2D eigenvalue weighted by Gasteiger charge is -2.47. The summed E-state index contributed by atoms with van der Waals surface area (Å²) in [5.41, 5.74) is 2.58. The average Bonchev–Trinajstić information content (AvgIpc) is 2.73. The molecule has 1 aromatic carbocycles. The fraction of sp³-hybridized carbons (Fsp3) is 0.750. The van der Waals surface area contributed by atoms with Gasteiger partial charge in [0.25, 0.3) is 0 Å². The minimum absolute atomic E-state index is 0. The van der Waals surface area contributed by atoms with Crippen LogP contribution in [0.15, 0.2) is 18.2 Å². The van der Waals surface area contributed by atoms with Gasteiger partial charge in [-0.3, -0.25) is 0 Å². The maximum atomic E-state index is 6.36. The second-order valence-corrected chi connectivity index (χ2v) is 9.32. The summed E-state index contributed by atoms with van der Waals surface area (Å²) in [6, 6.07) is 7.14. The van der Waals surface area contributed by atoms with Gasteiger partial charge in [0, 0.05) is 29.8 Å². The van der Waals surface area contributed by atoms with Crippen molar-refractivity contribution in [3.63, 3.8) is 0 Å². The van der Waals surface area contributed by atoms with E-state index >= 15 is 0 Å². The lowest BCUT2D eigenvalue weighted by Crippen LogP contribution is -2.48. The maximum absolute atomic E-state index is 6.36. The van der Waals surface area contributed by atoms with Gasteiger partial charge in [0.05, 0.1) is 12.7 Å². The number of rotatable bonds is 6. The Kier molecular flexibility index (Phi) is 8.12. The molecule has 4 rings (SSSR count). The van der Waals surface area contributed by atoms with Gasteiger partial charge in [0.2, 0.25) is 0 Å². The third-order valence-electron chi connectivity index (χ3n) is 7.03. The highest BCUT2D eigenvalue weighted by molar-refractivity contribution is 5.85. The number of likely N-dealkylation sites (tertiary alicyclic amines) is 1. The van der Waals surface area contributed by atoms with Crippen molar-refractivity contribution in [1.82, 2.24) is 4.90 Å². The second kappa shape index (κ2) is 10.4. The van der Waals surface area contributed by atoms with E-state index in [1.807, 2.05) is 0 Å². The lowest BCUT2D eigenvalue weighted by atomic mass is 9.73. The highest BCUT2D eigenvalue weighted by Gasteiger charge is 2.43. The zero-order chi connectivity index (χ0) is 19.5. The van der Waals surface area contributed by atoms with Crippen molar-refractivity contribution in [2.75, 3.05) is 38.2 Å². The number of ether oxygens (including phenoxy) is 2. The molecule has 1 aromatic rings. The third-order valence-corrected chi connectivity index (χ3v) is 7.03. The number of fused-ring (bicyclic) bond motifs is 3. The molecule has 2 saturated heterocycles. The molecule has 0 amide bonds. The predicted molar refractivity (Wildman–Crippen MR) is 122 cm³/mol. The second-order valence-electron chi connectivity index (χ2n) is 9.32. The normalized spacial score (nSPS) is 27.5. The van der Waals surface area contributed by atoms with E-state index in [0.29, 0.717) is 17.9 Å². The average molecular weight is 423 g/mol. The van der Waals surface area contributed by atoms with Gasteiger partial charge in [0.1, 0.15) is 5.75 Å². The summed E-state index contributed by atoms with van der Waals surface area (Å²) in [6.07, 6.45) is 6.39. The number of nitrogens with zero attached hydrogens (tertiary/aromatic N) is 1. The highest BCUT2D eigenvalue weighted by Crippen LogP contribution is 2.47. The van der Waals surface area contributed by atoms with Crippen LogP contribution in [0, 0.1) is 17.8 Å². The van der Waals surface area contributed by atoms with Gasteiger partial charge in [-0.1, -0.05) is 20.8 Å². The van der Waals surface area contributed by atoms with Gasteiger partial charge in [-0.15, -0.1) is 12.4 Å². The molecule has 5 heteroatoms. The van der Waals surface area contributed by atoms with Crippen molar-refractivity contribution in [2.24, 2.45) is 17.8 Å². The molecule has 0 saturated carbocycles. The van der Waals surface area contributed by atoms with Gasteiger partial charge in [-0.05, 0) is 81.8 Å². The Hall–Kier alpha value is -0.970. The molecule has 2 fully saturated rings. The molecule has 29 heavy (non-hydrogen) atoms.